The number of thioether (sulfide) groups is 1. The summed E-state index contributed by atoms with van der Waals surface area (Å²) in [5, 5.41) is 5.60. The van der Waals surface area contributed by atoms with Gasteiger partial charge in [-0.05, 0) is 36.2 Å². The van der Waals surface area contributed by atoms with Gasteiger partial charge in [-0.2, -0.15) is 0 Å². The lowest BCUT2D eigenvalue weighted by Gasteiger charge is -2.15. The Hall–Kier alpha value is -2.91. The Bertz CT molecular complexity index is 1200. The summed E-state index contributed by atoms with van der Waals surface area (Å²) in [6, 6.07) is 9.62. The molecule has 0 atom stereocenters. The number of hydrogen-bond acceptors (Lipinski definition) is 5. The van der Waals surface area contributed by atoms with Crippen molar-refractivity contribution in [3.05, 3.63) is 63.7 Å². The van der Waals surface area contributed by atoms with Crippen molar-refractivity contribution in [2.45, 2.75) is 25.5 Å². The lowest BCUT2D eigenvalue weighted by Crippen LogP contribution is -2.36. The molecule has 10 heteroatoms. The summed E-state index contributed by atoms with van der Waals surface area (Å²) in [6.45, 7) is 4.33. The second kappa shape index (κ2) is 9.93. The van der Waals surface area contributed by atoms with E-state index in [1.54, 1.807) is 24.3 Å². The number of carbonyl (C=O) groups excluding carboxylic acids is 2. The highest BCUT2D eigenvalue weighted by Gasteiger charge is 2.16. The number of hydrogen-bond donors (Lipinski definition) is 2. The van der Waals surface area contributed by atoms with Crippen LogP contribution in [0.1, 0.15) is 13.8 Å². The summed E-state index contributed by atoms with van der Waals surface area (Å²) in [5.41, 5.74) is 0.178. The van der Waals surface area contributed by atoms with E-state index in [1.807, 2.05) is 13.8 Å². The SMILES string of the molecule is CC(C)Cn1c(SCC(=O)NC(=O)Nc2ccccc2F)nc2ccc(Cl)cc2c1=O. The Morgan fingerprint density at radius 3 is 2.68 bits per heavy atom. The van der Waals surface area contributed by atoms with Crippen molar-refractivity contribution in [1.29, 1.82) is 0 Å². The summed E-state index contributed by atoms with van der Waals surface area (Å²) in [5.74, 6) is -1.22. The maximum atomic E-state index is 13.6. The molecule has 0 unspecified atom stereocenters. The molecule has 3 rings (SSSR count). The van der Waals surface area contributed by atoms with E-state index in [-0.39, 0.29) is 22.9 Å². The van der Waals surface area contributed by atoms with Gasteiger partial charge in [-0.3, -0.25) is 19.5 Å². The first kappa shape index (κ1) is 22.8. The number of anilines is 1. The summed E-state index contributed by atoms with van der Waals surface area (Å²) in [7, 11) is 0. The molecule has 0 saturated heterocycles. The lowest BCUT2D eigenvalue weighted by atomic mass is 10.2. The highest BCUT2D eigenvalue weighted by Crippen LogP contribution is 2.21. The predicted octanol–water partition coefficient (Wildman–Crippen LogP) is 4.29. The Morgan fingerprint density at radius 1 is 1.23 bits per heavy atom. The van der Waals surface area contributed by atoms with E-state index >= 15 is 0 Å². The normalized spacial score (nSPS) is 11.0. The molecule has 3 aromatic rings. The maximum absolute atomic E-state index is 13.6. The quantitative estimate of drug-likeness (QED) is 0.421. The summed E-state index contributed by atoms with van der Waals surface area (Å²) >= 11 is 7.05. The zero-order valence-electron chi connectivity index (χ0n) is 16.8. The standard InChI is InChI=1S/C21H20ClFN4O3S/c1-12(2)10-27-19(29)14-9-13(22)7-8-16(14)25-21(27)31-11-18(28)26-20(30)24-17-6-4-3-5-15(17)23/h3-9,12H,10-11H2,1-2H3,(H2,24,26,28,30). The molecule has 0 bridgehead atoms. The van der Waals surface area contributed by atoms with Crippen molar-refractivity contribution in [3.63, 3.8) is 0 Å². The number of carbonyl (C=O) groups is 2. The van der Waals surface area contributed by atoms with Crippen LogP contribution < -0.4 is 16.2 Å². The molecule has 2 N–H and O–H groups in total. The molecule has 0 aliphatic heterocycles. The number of nitrogens with one attached hydrogen (secondary N) is 2. The van der Waals surface area contributed by atoms with Crippen molar-refractivity contribution in [3.8, 4) is 0 Å². The van der Waals surface area contributed by atoms with Gasteiger partial charge in [0, 0.05) is 11.6 Å². The van der Waals surface area contributed by atoms with Crippen LogP contribution in [0.25, 0.3) is 10.9 Å². The fourth-order valence-corrected chi connectivity index (χ4v) is 3.80. The summed E-state index contributed by atoms with van der Waals surface area (Å²) in [6.07, 6.45) is 0. The van der Waals surface area contributed by atoms with Gasteiger partial charge in [0.1, 0.15) is 5.82 Å². The third-order valence-corrected chi connectivity index (χ3v) is 5.35. The fourth-order valence-electron chi connectivity index (χ4n) is 2.82. The monoisotopic (exact) mass is 462 g/mol. The van der Waals surface area contributed by atoms with Gasteiger partial charge in [-0.1, -0.05) is 49.3 Å². The number of aromatic nitrogens is 2. The Balaban J connectivity index is 1.74. The fraction of sp³-hybridized carbons (Fsp3) is 0.238. The minimum atomic E-state index is -0.851. The Morgan fingerprint density at radius 2 is 1.97 bits per heavy atom. The zero-order valence-corrected chi connectivity index (χ0v) is 18.4. The molecule has 31 heavy (non-hydrogen) atoms. The van der Waals surface area contributed by atoms with E-state index in [4.69, 9.17) is 11.6 Å². The van der Waals surface area contributed by atoms with E-state index in [2.05, 4.69) is 15.6 Å². The van der Waals surface area contributed by atoms with E-state index in [0.717, 1.165) is 11.8 Å². The number of imide groups is 1. The Kier molecular flexibility index (Phi) is 7.29. The molecule has 0 aliphatic rings. The molecular formula is C21H20ClFN4O3S. The molecule has 0 saturated carbocycles. The van der Waals surface area contributed by atoms with Gasteiger partial charge in [0.15, 0.2) is 5.16 Å². The van der Waals surface area contributed by atoms with Gasteiger partial charge in [0.25, 0.3) is 5.56 Å². The topological polar surface area (TPSA) is 93.1 Å². The molecule has 0 spiro atoms. The Labute approximate surface area is 187 Å². The third-order valence-electron chi connectivity index (χ3n) is 4.14. The number of amides is 3. The van der Waals surface area contributed by atoms with E-state index in [0.29, 0.717) is 27.6 Å². The molecule has 1 aromatic heterocycles. The van der Waals surface area contributed by atoms with Crippen LogP contribution in [0.5, 0.6) is 0 Å². The van der Waals surface area contributed by atoms with Gasteiger partial charge >= 0.3 is 6.03 Å². The molecule has 0 fully saturated rings. The van der Waals surface area contributed by atoms with Crippen LogP contribution in [0.2, 0.25) is 5.02 Å². The molecule has 1 heterocycles. The predicted molar refractivity (Wildman–Crippen MR) is 120 cm³/mol. The van der Waals surface area contributed by atoms with Crippen molar-refractivity contribution in [2.24, 2.45) is 5.92 Å². The number of fused-ring (bicyclic) bond motifs is 1. The molecular weight excluding hydrogens is 443 g/mol. The first-order valence-corrected chi connectivity index (χ1v) is 10.8. The second-order valence-electron chi connectivity index (χ2n) is 7.14. The van der Waals surface area contributed by atoms with Gasteiger partial charge in [0.2, 0.25) is 5.91 Å². The van der Waals surface area contributed by atoms with Gasteiger partial charge in [-0.25, -0.2) is 14.2 Å². The van der Waals surface area contributed by atoms with Crippen molar-refractivity contribution in [1.82, 2.24) is 14.9 Å². The first-order chi connectivity index (χ1) is 14.7. The van der Waals surface area contributed by atoms with Crippen LogP contribution in [0.4, 0.5) is 14.9 Å². The highest BCUT2D eigenvalue weighted by atomic mass is 35.5. The number of rotatable bonds is 6. The molecule has 0 radical (unpaired) electrons. The lowest BCUT2D eigenvalue weighted by molar-refractivity contribution is -0.117. The smallest absolute Gasteiger partial charge is 0.305 e. The van der Waals surface area contributed by atoms with E-state index in [1.165, 1.54) is 22.8 Å². The van der Waals surface area contributed by atoms with Gasteiger partial charge < -0.3 is 5.32 Å². The van der Waals surface area contributed by atoms with E-state index < -0.39 is 17.8 Å². The minimum absolute atomic E-state index is 0.0407. The second-order valence-corrected chi connectivity index (χ2v) is 8.52. The first-order valence-electron chi connectivity index (χ1n) is 9.43. The molecule has 162 valence electrons. The number of halogens is 2. The summed E-state index contributed by atoms with van der Waals surface area (Å²) in [4.78, 5) is 41.6. The maximum Gasteiger partial charge on any atom is 0.325 e. The average molecular weight is 463 g/mol. The van der Waals surface area contributed by atoms with Crippen LogP contribution in [0.3, 0.4) is 0 Å². The number of nitrogens with zero attached hydrogens (tertiary/aromatic N) is 2. The molecule has 3 amide bonds. The van der Waals surface area contributed by atoms with Crippen molar-refractivity contribution < 1.29 is 14.0 Å². The number of para-hydroxylation sites is 1. The van der Waals surface area contributed by atoms with Crippen LogP contribution >= 0.6 is 23.4 Å². The highest BCUT2D eigenvalue weighted by molar-refractivity contribution is 7.99. The van der Waals surface area contributed by atoms with Crippen LogP contribution in [0, 0.1) is 11.7 Å². The van der Waals surface area contributed by atoms with Crippen LogP contribution in [0.15, 0.2) is 52.4 Å². The van der Waals surface area contributed by atoms with Gasteiger partial charge in [-0.15, -0.1) is 0 Å². The van der Waals surface area contributed by atoms with E-state index in [9.17, 15) is 18.8 Å². The molecule has 0 aliphatic carbocycles. The summed E-state index contributed by atoms with van der Waals surface area (Å²) < 4.78 is 15.1. The number of urea groups is 1. The van der Waals surface area contributed by atoms with Crippen LogP contribution in [-0.2, 0) is 11.3 Å². The van der Waals surface area contributed by atoms with Crippen LogP contribution in [-0.4, -0.2) is 27.2 Å². The largest absolute Gasteiger partial charge is 0.325 e. The minimum Gasteiger partial charge on any atom is -0.305 e. The van der Waals surface area contributed by atoms with Gasteiger partial charge in [0.05, 0.1) is 22.3 Å². The molecule has 7 nitrogen and oxygen atoms in total. The van der Waals surface area contributed by atoms with Crippen molar-refractivity contribution in [2.75, 3.05) is 11.1 Å². The third kappa shape index (κ3) is 5.83. The molecule has 2 aromatic carbocycles. The average Bonchev–Trinajstić information content (AvgIpc) is 2.71. The zero-order chi connectivity index (χ0) is 22.5. The van der Waals surface area contributed by atoms with Crippen molar-refractivity contribution >= 4 is 51.9 Å². The number of benzene rings is 2.